The van der Waals surface area contributed by atoms with E-state index >= 15 is 0 Å². The van der Waals surface area contributed by atoms with Crippen LogP contribution >= 0.6 is 0 Å². The standard InChI is InChI=1S/C19H30N2O3/c1-2-16-7-13-8-17(10-16,12-18(24,9-13)11-16)15(23)21-19(14(20)22)5-3-4-6-19/h13,24H,2-12H2,1H3,(H2,20,22)(H,21,23)/t13-,16-,17-,18-/m1/s1. The van der Waals surface area contributed by atoms with Crippen LogP contribution in [0.15, 0.2) is 0 Å². The first-order valence-corrected chi connectivity index (χ1v) is 9.60. The highest BCUT2D eigenvalue weighted by molar-refractivity contribution is 5.93. The molecule has 0 aromatic rings. The first-order valence-electron chi connectivity index (χ1n) is 9.60. The molecule has 134 valence electrons. The van der Waals surface area contributed by atoms with Crippen LogP contribution in [-0.4, -0.2) is 28.1 Å². The molecule has 0 heterocycles. The van der Waals surface area contributed by atoms with Gasteiger partial charge in [0, 0.05) is 0 Å². The third-order valence-corrected chi connectivity index (χ3v) is 7.67. The number of rotatable bonds is 4. The van der Waals surface area contributed by atoms with E-state index in [0.29, 0.717) is 25.2 Å². The van der Waals surface area contributed by atoms with Crippen molar-refractivity contribution in [3.8, 4) is 0 Å². The molecule has 0 aromatic carbocycles. The lowest BCUT2D eigenvalue weighted by molar-refractivity contribution is -0.205. The van der Waals surface area contributed by atoms with Crippen LogP contribution in [0.1, 0.15) is 77.6 Å². The van der Waals surface area contributed by atoms with E-state index in [-0.39, 0.29) is 11.3 Å². The van der Waals surface area contributed by atoms with Crippen LogP contribution in [0.5, 0.6) is 0 Å². The second-order valence-electron chi connectivity index (χ2n) is 9.47. The highest BCUT2D eigenvalue weighted by Gasteiger charge is 2.65. The molecular weight excluding hydrogens is 304 g/mol. The molecule has 5 rings (SSSR count). The van der Waals surface area contributed by atoms with E-state index in [1.165, 1.54) is 0 Å². The Morgan fingerprint density at radius 2 is 1.83 bits per heavy atom. The summed E-state index contributed by atoms with van der Waals surface area (Å²) in [4.78, 5) is 25.4. The molecule has 5 aliphatic rings. The van der Waals surface area contributed by atoms with Gasteiger partial charge in [-0.3, -0.25) is 9.59 Å². The van der Waals surface area contributed by atoms with Crippen molar-refractivity contribution in [3.63, 3.8) is 0 Å². The van der Waals surface area contributed by atoms with E-state index in [1.807, 2.05) is 0 Å². The van der Waals surface area contributed by atoms with Crippen LogP contribution in [0.4, 0.5) is 0 Å². The van der Waals surface area contributed by atoms with Gasteiger partial charge in [-0.2, -0.15) is 0 Å². The third-order valence-electron chi connectivity index (χ3n) is 7.67. The van der Waals surface area contributed by atoms with Crippen molar-refractivity contribution in [2.75, 3.05) is 0 Å². The lowest BCUT2D eigenvalue weighted by atomic mass is 9.42. The van der Waals surface area contributed by atoms with Crippen LogP contribution in [-0.2, 0) is 9.59 Å². The first kappa shape index (κ1) is 16.4. The van der Waals surface area contributed by atoms with Gasteiger partial charge in [0.25, 0.3) is 0 Å². The molecule has 24 heavy (non-hydrogen) atoms. The van der Waals surface area contributed by atoms with Crippen molar-refractivity contribution in [2.45, 2.75) is 88.7 Å². The van der Waals surface area contributed by atoms with Crippen LogP contribution in [0.3, 0.4) is 0 Å². The molecule has 5 heteroatoms. The molecule has 4 atom stereocenters. The van der Waals surface area contributed by atoms with E-state index in [2.05, 4.69) is 12.2 Å². The van der Waals surface area contributed by atoms with Crippen LogP contribution < -0.4 is 11.1 Å². The summed E-state index contributed by atoms with van der Waals surface area (Å²) in [7, 11) is 0. The van der Waals surface area contributed by atoms with E-state index in [1.54, 1.807) is 0 Å². The minimum Gasteiger partial charge on any atom is -0.390 e. The predicted molar refractivity (Wildman–Crippen MR) is 89.8 cm³/mol. The quantitative estimate of drug-likeness (QED) is 0.734. The Kier molecular flexibility index (Phi) is 3.39. The summed E-state index contributed by atoms with van der Waals surface area (Å²) in [6.45, 7) is 2.18. The highest BCUT2D eigenvalue weighted by Crippen LogP contribution is 2.67. The number of carbonyl (C=O) groups excluding carboxylic acids is 2. The first-order chi connectivity index (χ1) is 11.2. The average Bonchev–Trinajstić information content (AvgIpc) is 2.94. The van der Waals surface area contributed by atoms with Gasteiger partial charge in [0.15, 0.2) is 0 Å². The topological polar surface area (TPSA) is 92.4 Å². The highest BCUT2D eigenvalue weighted by atomic mass is 16.3. The summed E-state index contributed by atoms with van der Waals surface area (Å²) in [5, 5.41) is 14.2. The molecular formula is C19H30N2O3. The maximum atomic E-state index is 13.3. The van der Waals surface area contributed by atoms with Gasteiger partial charge >= 0.3 is 0 Å². The normalized spacial score (nSPS) is 45.3. The van der Waals surface area contributed by atoms with Crippen molar-refractivity contribution in [1.29, 1.82) is 0 Å². The van der Waals surface area contributed by atoms with Gasteiger partial charge in [0.2, 0.25) is 11.8 Å². The van der Waals surface area contributed by atoms with Gasteiger partial charge in [0.1, 0.15) is 5.54 Å². The summed E-state index contributed by atoms with van der Waals surface area (Å²) < 4.78 is 0. The van der Waals surface area contributed by atoms with Crippen LogP contribution in [0.2, 0.25) is 0 Å². The minimum absolute atomic E-state index is 0.0245. The van der Waals surface area contributed by atoms with Crippen LogP contribution in [0.25, 0.3) is 0 Å². The maximum absolute atomic E-state index is 13.3. The van der Waals surface area contributed by atoms with Gasteiger partial charge in [-0.05, 0) is 62.7 Å². The molecule has 0 aromatic heterocycles. The minimum atomic E-state index is -0.859. The molecule has 5 nitrogen and oxygen atoms in total. The lowest BCUT2D eigenvalue weighted by Gasteiger charge is -2.64. The molecule has 4 bridgehead atoms. The molecule has 5 aliphatic carbocycles. The summed E-state index contributed by atoms with van der Waals surface area (Å²) in [6.07, 6.45) is 9.26. The smallest absolute Gasteiger partial charge is 0.243 e. The van der Waals surface area contributed by atoms with Gasteiger partial charge < -0.3 is 16.2 Å². The number of aliphatic hydroxyl groups is 1. The van der Waals surface area contributed by atoms with E-state index in [0.717, 1.165) is 51.4 Å². The molecule has 5 fully saturated rings. The zero-order chi connectivity index (χ0) is 17.2. The van der Waals surface area contributed by atoms with Gasteiger partial charge in [0.05, 0.1) is 11.0 Å². The van der Waals surface area contributed by atoms with Crippen molar-refractivity contribution in [3.05, 3.63) is 0 Å². The van der Waals surface area contributed by atoms with Gasteiger partial charge in [-0.15, -0.1) is 0 Å². The largest absolute Gasteiger partial charge is 0.390 e. The number of primary amides is 1. The van der Waals surface area contributed by atoms with Gasteiger partial charge in [-0.1, -0.05) is 26.2 Å². The molecule has 0 unspecified atom stereocenters. The fraction of sp³-hybridized carbons (Fsp3) is 0.895. The van der Waals surface area contributed by atoms with Crippen LogP contribution in [0, 0.1) is 16.7 Å². The molecule has 0 spiro atoms. The summed E-state index contributed by atoms with van der Waals surface area (Å²) in [5.41, 5.74) is 3.69. The van der Waals surface area contributed by atoms with Crippen molar-refractivity contribution >= 4 is 11.8 Å². The second-order valence-corrected chi connectivity index (χ2v) is 9.47. The zero-order valence-electron chi connectivity index (χ0n) is 14.7. The van der Waals surface area contributed by atoms with Gasteiger partial charge in [-0.25, -0.2) is 0 Å². The second kappa shape index (κ2) is 4.96. The fourth-order valence-corrected chi connectivity index (χ4v) is 6.99. The number of nitrogens with two attached hydrogens (primary N) is 1. The summed E-state index contributed by atoms with van der Waals surface area (Å²) in [5.74, 6) is 0.00982. The Labute approximate surface area is 143 Å². The van der Waals surface area contributed by atoms with Crippen molar-refractivity contribution in [2.24, 2.45) is 22.5 Å². The molecule has 5 saturated carbocycles. The van der Waals surface area contributed by atoms with E-state index in [4.69, 9.17) is 5.73 Å². The number of nitrogens with one attached hydrogen (secondary N) is 1. The average molecular weight is 334 g/mol. The molecule has 0 radical (unpaired) electrons. The monoisotopic (exact) mass is 334 g/mol. The lowest BCUT2D eigenvalue weighted by Crippen LogP contribution is -2.66. The fourth-order valence-electron chi connectivity index (χ4n) is 6.99. The molecule has 0 saturated heterocycles. The molecule has 2 amide bonds. The maximum Gasteiger partial charge on any atom is 0.243 e. The Balaban J connectivity index is 1.63. The third kappa shape index (κ3) is 2.23. The molecule has 0 aliphatic heterocycles. The Morgan fingerprint density at radius 1 is 1.12 bits per heavy atom. The van der Waals surface area contributed by atoms with E-state index in [9.17, 15) is 14.7 Å². The predicted octanol–water partition coefficient (Wildman–Crippen LogP) is 2.01. The summed E-state index contributed by atoms with van der Waals surface area (Å²) in [6, 6.07) is 0. The van der Waals surface area contributed by atoms with Crippen molar-refractivity contribution < 1.29 is 14.7 Å². The Hall–Kier alpha value is -1.10. The van der Waals surface area contributed by atoms with E-state index < -0.39 is 22.5 Å². The Morgan fingerprint density at radius 3 is 2.42 bits per heavy atom. The number of amides is 2. The summed E-state index contributed by atoms with van der Waals surface area (Å²) >= 11 is 0. The SMILES string of the molecule is CC[C@]12C[C@H]3C[C@@](O)(C1)C[C@@](C(=O)NC1(C(N)=O)CCCC1)(C3)C2. The Bertz CT molecular complexity index is 585. The molecule has 4 N–H and O–H groups in total. The number of hydrogen-bond donors (Lipinski definition) is 3. The number of hydrogen-bond acceptors (Lipinski definition) is 3. The van der Waals surface area contributed by atoms with Crippen molar-refractivity contribution in [1.82, 2.24) is 5.32 Å². The number of carbonyl (C=O) groups is 2. The zero-order valence-corrected chi connectivity index (χ0v) is 14.7.